The molecule has 1 amide bonds. The van der Waals surface area contributed by atoms with Crippen LogP contribution in [-0.4, -0.2) is 34.9 Å². The number of rotatable bonds is 40. The molecule has 0 radical (unpaired) electrons. The Hall–Kier alpha value is -1.13. The maximum atomic E-state index is 12.3. The van der Waals surface area contributed by atoms with Crippen molar-refractivity contribution in [3.63, 3.8) is 0 Å². The molecule has 0 aliphatic rings. The molecule has 0 aliphatic heterocycles. The topological polar surface area (TPSA) is 69.6 Å². The smallest absolute Gasteiger partial charge is 0.220 e. The largest absolute Gasteiger partial charge is 0.394 e. The minimum Gasteiger partial charge on any atom is -0.394 e. The Balaban J connectivity index is 3.35. The lowest BCUT2D eigenvalue weighted by atomic mass is 10.0. The molecule has 0 bridgehead atoms. The highest BCUT2D eigenvalue weighted by Gasteiger charge is 2.17. The van der Waals surface area contributed by atoms with Crippen LogP contribution in [0.1, 0.15) is 239 Å². The number of aliphatic hydroxyl groups is 2. The standard InChI is InChI=1S/C45H87NO3/c1-3-5-7-9-11-12-13-14-15-16-17-18-19-20-21-22-23-24-25-26-27-28-29-30-31-32-33-34-35-37-39-41-45(49)46-43(42-47)44(48)40-38-36-10-8-6-4-2/h16-17,38,40,43-44,47-48H,3-15,18-37,39,41-42H2,1-2H3,(H,46,49)/b17-16-,40-38+. The van der Waals surface area contributed by atoms with Gasteiger partial charge in [0.05, 0.1) is 18.8 Å². The van der Waals surface area contributed by atoms with Crippen molar-refractivity contribution in [2.45, 2.75) is 251 Å². The molecule has 290 valence electrons. The van der Waals surface area contributed by atoms with Crippen molar-refractivity contribution in [1.82, 2.24) is 5.32 Å². The second kappa shape index (κ2) is 41.3. The zero-order chi connectivity index (χ0) is 35.7. The van der Waals surface area contributed by atoms with Crippen LogP contribution in [0.2, 0.25) is 0 Å². The Bertz CT molecular complexity index is 705. The zero-order valence-electron chi connectivity index (χ0n) is 33.2. The fourth-order valence-corrected chi connectivity index (χ4v) is 6.76. The maximum Gasteiger partial charge on any atom is 0.220 e. The molecule has 4 nitrogen and oxygen atoms in total. The summed E-state index contributed by atoms with van der Waals surface area (Å²) in [7, 11) is 0. The Kier molecular flexibility index (Phi) is 40.3. The quantitative estimate of drug-likeness (QED) is 0.0443. The van der Waals surface area contributed by atoms with Crippen molar-refractivity contribution < 1.29 is 15.0 Å². The van der Waals surface area contributed by atoms with Gasteiger partial charge in [-0.05, 0) is 44.9 Å². The summed E-state index contributed by atoms with van der Waals surface area (Å²) in [4.78, 5) is 12.3. The van der Waals surface area contributed by atoms with Crippen molar-refractivity contribution in [3.05, 3.63) is 24.3 Å². The zero-order valence-corrected chi connectivity index (χ0v) is 33.2. The summed E-state index contributed by atoms with van der Waals surface area (Å²) in [5.74, 6) is -0.0668. The number of nitrogens with one attached hydrogen (secondary N) is 1. The number of amides is 1. The Morgan fingerprint density at radius 2 is 0.776 bits per heavy atom. The predicted octanol–water partition coefficient (Wildman–Crippen LogP) is 13.6. The van der Waals surface area contributed by atoms with Crippen molar-refractivity contribution in [3.8, 4) is 0 Å². The van der Waals surface area contributed by atoms with Crippen molar-refractivity contribution >= 4 is 5.91 Å². The van der Waals surface area contributed by atoms with Crippen molar-refractivity contribution in [2.24, 2.45) is 0 Å². The van der Waals surface area contributed by atoms with Gasteiger partial charge in [-0.15, -0.1) is 0 Å². The van der Waals surface area contributed by atoms with Crippen LogP contribution in [0.15, 0.2) is 24.3 Å². The van der Waals surface area contributed by atoms with Crippen LogP contribution in [0, 0.1) is 0 Å². The summed E-state index contributed by atoms with van der Waals surface area (Å²) in [5.41, 5.74) is 0. The van der Waals surface area contributed by atoms with Gasteiger partial charge in [-0.2, -0.15) is 0 Å². The molecule has 0 aromatic carbocycles. The van der Waals surface area contributed by atoms with Gasteiger partial charge in [-0.25, -0.2) is 0 Å². The van der Waals surface area contributed by atoms with E-state index in [0.717, 1.165) is 25.7 Å². The van der Waals surface area contributed by atoms with E-state index in [1.54, 1.807) is 6.08 Å². The van der Waals surface area contributed by atoms with E-state index in [-0.39, 0.29) is 12.5 Å². The van der Waals surface area contributed by atoms with Crippen LogP contribution in [0.25, 0.3) is 0 Å². The minimum absolute atomic E-state index is 0.0668. The Labute approximate surface area is 307 Å². The summed E-state index contributed by atoms with van der Waals surface area (Å²) in [6, 6.07) is -0.615. The first-order valence-electron chi connectivity index (χ1n) is 22.1. The molecule has 0 saturated heterocycles. The van der Waals surface area contributed by atoms with E-state index in [4.69, 9.17) is 0 Å². The van der Waals surface area contributed by atoms with Crippen LogP contribution in [0.4, 0.5) is 0 Å². The third kappa shape index (κ3) is 37.9. The number of aliphatic hydroxyl groups excluding tert-OH is 2. The molecule has 0 spiro atoms. The highest BCUT2D eigenvalue weighted by atomic mass is 16.3. The number of hydrogen-bond acceptors (Lipinski definition) is 3. The van der Waals surface area contributed by atoms with Gasteiger partial charge < -0.3 is 15.5 Å². The molecule has 0 saturated carbocycles. The van der Waals surface area contributed by atoms with Crippen LogP contribution in [0.3, 0.4) is 0 Å². The highest BCUT2D eigenvalue weighted by molar-refractivity contribution is 5.76. The molecule has 0 aromatic heterocycles. The molecule has 4 heteroatoms. The molecule has 2 unspecified atom stereocenters. The van der Waals surface area contributed by atoms with Crippen LogP contribution in [-0.2, 0) is 4.79 Å². The van der Waals surface area contributed by atoms with E-state index in [2.05, 4.69) is 31.3 Å². The summed E-state index contributed by atoms with van der Waals surface area (Å²) in [5, 5.41) is 22.7. The molecular formula is C45H87NO3. The minimum atomic E-state index is -0.832. The monoisotopic (exact) mass is 690 g/mol. The lowest BCUT2D eigenvalue weighted by molar-refractivity contribution is -0.123. The highest BCUT2D eigenvalue weighted by Crippen LogP contribution is 2.16. The van der Waals surface area contributed by atoms with E-state index in [0.29, 0.717) is 6.42 Å². The van der Waals surface area contributed by atoms with E-state index in [1.165, 1.54) is 193 Å². The van der Waals surface area contributed by atoms with Gasteiger partial charge in [0, 0.05) is 6.42 Å². The van der Waals surface area contributed by atoms with Gasteiger partial charge in [0.1, 0.15) is 0 Å². The lowest BCUT2D eigenvalue weighted by Crippen LogP contribution is -2.45. The van der Waals surface area contributed by atoms with Gasteiger partial charge in [0.2, 0.25) is 5.91 Å². The van der Waals surface area contributed by atoms with E-state index in [9.17, 15) is 15.0 Å². The average molecular weight is 690 g/mol. The fourth-order valence-electron chi connectivity index (χ4n) is 6.76. The number of allylic oxidation sites excluding steroid dienone is 3. The van der Waals surface area contributed by atoms with Crippen LogP contribution >= 0.6 is 0 Å². The predicted molar refractivity (Wildman–Crippen MR) is 216 cm³/mol. The number of hydrogen-bond donors (Lipinski definition) is 3. The second-order valence-electron chi connectivity index (χ2n) is 15.1. The SMILES string of the molecule is CCCCCC/C=C/C(O)C(CO)NC(=O)CCCCCCCCCCCCCCCCCCCCC/C=C\CCCCCCCCCC. The summed E-state index contributed by atoms with van der Waals surface area (Å²) < 4.78 is 0. The third-order valence-corrected chi connectivity index (χ3v) is 10.2. The van der Waals surface area contributed by atoms with Gasteiger partial charge in [-0.1, -0.05) is 212 Å². The lowest BCUT2D eigenvalue weighted by Gasteiger charge is -2.20. The number of carbonyl (C=O) groups is 1. The molecule has 49 heavy (non-hydrogen) atoms. The number of carbonyl (C=O) groups excluding carboxylic acids is 1. The second-order valence-corrected chi connectivity index (χ2v) is 15.1. The maximum absolute atomic E-state index is 12.3. The first-order chi connectivity index (χ1) is 24.2. The summed E-state index contributed by atoms with van der Waals surface area (Å²) >= 11 is 0. The Morgan fingerprint density at radius 1 is 0.469 bits per heavy atom. The van der Waals surface area contributed by atoms with E-state index >= 15 is 0 Å². The van der Waals surface area contributed by atoms with Gasteiger partial charge in [-0.3, -0.25) is 4.79 Å². The van der Waals surface area contributed by atoms with Crippen molar-refractivity contribution in [1.29, 1.82) is 0 Å². The van der Waals surface area contributed by atoms with Gasteiger partial charge in [0.25, 0.3) is 0 Å². The first-order valence-corrected chi connectivity index (χ1v) is 22.1. The molecule has 2 atom stereocenters. The summed E-state index contributed by atoms with van der Waals surface area (Å²) in [6.45, 7) is 4.24. The molecule has 0 aromatic rings. The normalized spacial score (nSPS) is 13.1. The van der Waals surface area contributed by atoms with Crippen LogP contribution < -0.4 is 5.32 Å². The van der Waals surface area contributed by atoms with E-state index in [1.807, 2.05) is 6.08 Å². The van der Waals surface area contributed by atoms with Gasteiger partial charge in [0.15, 0.2) is 0 Å². The summed E-state index contributed by atoms with van der Waals surface area (Å²) in [6.07, 6.45) is 53.3. The molecular weight excluding hydrogens is 602 g/mol. The molecule has 0 heterocycles. The molecule has 0 rings (SSSR count). The van der Waals surface area contributed by atoms with Gasteiger partial charge >= 0.3 is 0 Å². The molecule has 0 fully saturated rings. The third-order valence-electron chi connectivity index (χ3n) is 10.2. The average Bonchev–Trinajstić information content (AvgIpc) is 3.10. The van der Waals surface area contributed by atoms with E-state index < -0.39 is 12.1 Å². The molecule has 3 N–H and O–H groups in total. The Morgan fingerprint density at radius 3 is 1.14 bits per heavy atom. The van der Waals surface area contributed by atoms with Crippen LogP contribution in [0.5, 0.6) is 0 Å². The van der Waals surface area contributed by atoms with Crippen molar-refractivity contribution in [2.75, 3.05) is 6.61 Å². The first kappa shape index (κ1) is 47.9. The fraction of sp³-hybridized carbons (Fsp3) is 0.889. The number of unbranched alkanes of at least 4 members (excludes halogenated alkanes) is 31. The molecule has 0 aliphatic carbocycles.